The number of nitrogens with zero attached hydrogens (tertiary/aromatic N) is 2. The molecule has 0 spiro atoms. The monoisotopic (exact) mass is 383 g/mol. The van der Waals surface area contributed by atoms with Gasteiger partial charge in [-0.2, -0.15) is 4.31 Å². The lowest BCUT2D eigenvalue weighted by Crippen LogP contribution is -2.36. The van der Waals surface area contributed by atoms with Crippen molar-refractivity contribution in [2.24, 2.45) is 5.73 Å². The molecule has 2 rings (SSSR count). The highest BCUT2D eigenvalue weighted by Crippen LogP contribution is 2.20. The molecule has 0 aromatic heterocycles. The van der Waals surface area contributed by atoms with Crippen molar-refractivity contribution in [3.8, 4) is 0 Å². The van der Waals surface area contributed by atoms with E-state index in [9.17, 15) is 8.42 Å². The average molecular weight is 384 g/mol. The number of hydrogen-bond acceptors (Lipinski definition) is 4. The number of rotatable bonds is 8. The van der Waals surface area contributed by atoms with Crippen LogP contribution in [0, 0.1) is 0 Å². The van der Waals surface area contributed by atoms with Crippen molar-refractivity contribution in [3.05, 3.63) is 60.2 Å². The third-order valence-electron chi connectivity index (χ3n) is 3.86. The number of hydrogen-bond donors (Lipinski definition) is 1. The molecular formula is C18H26ClN3O2S. The van der Waals surface area contributed by atoms with Gasteiger partial charge in [0.05, 0.1) is 4.90 Å². The van der Waals surface area contributed by atoms with Crippen LogP contribution in [0.4, 0.5) is 5.69 Å². The Bertz CT molecular complexity index is 735. The molecule has 0 aliphatic carbocycles. The minimum absolute atomic E-state index is 0. The standard InChI is InChI=1S/C18H25N3O2S.ClH/c1-20(2)17-8-10-18(11-9-17)24(22,23)21(15-13-19)14-12-16-6-4-3-5-7-16;/h3-11H,12-15,19H2,1-2H3;1H. The van der Waals surface area contributed by atoms with Gasteiger partial charge in [-0.25, -0.2) is 8.42 Å². The summed E-state index contributed by atoms with van der Waals surface area (Å²) in [6.45, 7) is 1.02. The minimum Gasteiger partial charge on any atom is -0.378 e. The second-order valence-corrected chi connectivity index (χ2v) is 7.75. The predicted molar refractivity (Wildman–Crippen MR) is 106 cm³/mol. The van der Waals surface area contributed by atoms with Crippen LogP contribution >= 0.6 is 12.4 Å². The van der Waals surface area contributed by atoms with Crippen LogP contribution in [0.3, 0.4) is 0 Å². The normalized spacial score (nSPS) is 11.2. The molecule has 2 N–H and O–H groups in total. The van der Waals surface area contributed by atoms with Crippen LogP contribution in [-0.2, 0) is 16.4 Å². The van der Waals surface area contributed by atoms with Crippen molar-refractivity contribution >= 4 is 28.1 Å². The van der Waals surface area contributed by atoms with Crippen molar-refractivity contribution in [2.45, 2.75) is 11.3 Å². The third-order valence-corrected chi connectivity index (χ3v) is 5.77. The fourth-order valence-electron chi connectivity index (χ4n) is 2.46. The SMILES string of the molecule is CN(C)c1ccc(S(=O)(=O)N(CCN)CCc2ccccc2)cc1.Cl. The van der Waals surface area contributed by atoms with E-state index in [-0.39, 0.29) is 12.4 Å². The number of benzene rings is 2. The quantitative estimate of drug-likeness (QED) is 0.759. The zero-order chi connectivity index (χ0) is 17.6. The topological polar surface area (TPSA) is 66.6 Å². The molecule has 0 aliphatic rings. The number of nitrogens with two attached hydrogens (primary N) is 1. The van der Waals surface area contributed by atoms with Gasteiger partial charge in [-0.1, -0.05) is 30.3 Å². The lowest BCUT2D eigenvalue weighted by atomic mass is 10.1. The van der Waals surface area contributed by atoms with Gasteiger partial charge in [0.25, 0.3) is 0 Å². The molecule has 0 saturated carbocycles. The smallest absolute Gasteiger partial charge is 0.243 e. The first-order valence-electron chi connectivity index (χ1n) is 7.96. The fraction of sp³-hybridized carbons (Fsp3) is 0.333. The number of anilines is 1. The van der Waals surface area contributed by atoms with Gasteiger partial charge in [0.2, 0.25) is 10.0 Å². The number of halogens is 1. The van der Waals surface area contributed by atoms with E-state index in [1.165, 1.54) is 4.31 Å². The van der Waals surface area contributed by atoms with Gasteiger partial charge in [-0.15, -0.1) is 12.4 Å². The lowest BCUT2D eigenvalue weighted by molar-refractivity contribution is 0.421. The summed E-state index contributed by atoms with van der Waals surface area (Å²) in [5, 5.41) is 0. The highest BCUT2D eigenvalue weighted by atomic mass is 35.5. The second-order valence-electron chi connectivity index (χ2n) is 5.82. The van der Waals surface area contributed by atoms with Gasteiger partial charge in [-0.05, 0) is 36.2 Å². The summed E-state index contributed by atoms with van der Waals surface area (Å²) >= 11 is 0. The van der Waals surface area contributed by atoms with Crippen molar-refractivity contribution in [1.29, 1.82) is 0 Å². The molecule has 7 heteroatoms. The van der Waals surface area contributed by atoms with Gasteiger partial charge in [-0.3, -0.25) is 0 Å². The first kappa shape index (κ1) is 21.4. The van der Waals surface area contributed by atoms with Crippen molar-refractivity contribution in [3.63, 3.8) is 0 Å². The molecule has 0 amide bonds. The van der Waals surface area contributed by atoms with E-state index in [0.29, 0.717) is 31.0 Å². The first-order chi connectivity index (χ1) is 11.4. The molecule has 0 fully saturated rings. The molecule has 0 aliphatic heterocycles. The molecule has 2 aromatic carbocycles. The van der Waals surface area contributed by atoms with Crippen molar-refractivity contribution in [2.75, 3.05) is 38.6 Å². The van der Waals surface area contributed by atoms with Crippen molar-refractivity contribution in [1.82, 2.24) is 4.31 Å². The average Bonchev–Trinajstić information content (AvgIpc) is 2.59. The largest absolute Gasteiger partial charge is 0.378 e. The maximum atomic E-state index is 12.9. The summed E-state index contributed by atoms with van der Waals surface area (Å²) in [5.41, 5.74) is 7.69. The van der Waals surface area contributed by atoms with Crippen LogP contribution in [0.1, 0.15) is 5.56 Å². The Morgan fingerprint density at radius 2 is 1.52 bits per heavy atom. The summed E-state index contributed by atoms with van der Waals surface area (Å²) in [6, 6.07) is 16.8. The van der Waals surface area contributed by atoms with Crippen LogP contribution in [0.25, 0.3) is 0 Å². The van der Waals surface area contributed by atoms with E-state index < -0.39 is 10.0 Å². The Morgan fingerprint density at radius 1 is 0.920 bits per heavy atom. The molecule has 0 saturated heterocycles. The molecule has 0 radical (unpaired) electrons. The predicted octanol–water partition coefficient (Wildman–Crippen LogP) is 2.37. The Kier molecular flexibility index (Phi) is 8.38. The highest BCUT2D eigenvalue weighted by Gasteiger charge is 2.23. The maximum Gasteiger partial charge on any atom is 0.243 e. The van der Waals surface area contributed by atoms with E-state index in [1.54, 1.807) is 12.1 Å². The summed E-state index contributed by atoms with van der Waals surface area (Å²) < 4.78 is 27.2. The Balaban J connectivity index is 0.00000312. The molecule has 0 bridgehead atoms. The van der Waals surface area contributed by atoms with Gasteiger partial charge in [0, 0.05) is 39.4 Å². The zero-order valence-electron chi connectivity index (χ0n) is 14.6. The first-order valence-corrected chi connectivity index (χ1v) is 9.40. The van der Waals surface area contributed by atoms with E-state index in [1.807, 2.05) is 61.5 Å². The molecular weight excluding hydrogens is 358 g/mol. The molecule has 2 aromatic rings. The molecule has 0 atom stereocenters. The summed E-state index contributed by atoms with van der Waals surface area (Å²) in [7, 11) is 0.300. The molecule has 0 heterocycles. The summed E-state index contributed by atoms with van der Waals surface area (Å²) in [4.78, 5) is 2.23. The fourth-order valence-corrected chi connectivity index (χ4v) is 3.92. The number of sulfonamides is 1. The van der Waals surface area contributed by atoms with Crippen LogP contribution in [0.5, 0.6) is 0 Å². The molecule has 0 unspecified atom stereocenters. The second kappa shape index (κ2) is 9.77. The van der Waals surface area contributed by atoms with Crippen LogP contribution < -0.4 is 10.6 Å². The molecule has 25 heavy (non-hydrogen) atoms. The summed E-state index contributed by atoms with van der Waals surface area (Å²) in [5.74, 6) is 0. The van der Waals surface area contributed by atoms with E-state index >= 15 is 0 Å². The van der Waals surface area contributed by atoms with Gasteiger partial charge >= 0.3 is 0 Å². The summed E-state index contributed by atoms with van der Waals surface area (Å²) in [6.07, 6.45) is 0.663. The molecule has 138 valence electrons. The lowest BCUT2D eigenvalue weighted by Gasteiger charge is -2.22. The Morgan fingerprint density at radius 3 is 2.04 bits per heavy atom. The van der Waals surface area contributed by atoms with E-state index in [0.717, 1.165) is 11.3 Å². The van der Waals surface area contributed by atoms with E-state index in [4.69, 9.17) is 5.73 Å². The van der Waals surface area contributed by atoms with Crippen LogP contribution in [0.2, 0.25) is 0 Å². The van der Waals surface area contributed by atoms with Gasteiger partial charge in [0.15, 0.2) is 0 Å². The minimum atomic E-state index is -3.54. The van der Waals surface area contributed by atoms with Crippen molar-refractivity contribution < 1.29 is 8.42 Å². The van der Waals surface area contributed by atoms with Gasteiger partial charge in [0.1, 0.15) is 0 Å². The van der Waals surface area contributed by atoms with Crippen LogP contribution in [0.15, 0.2) is 59.5 Å². The highest BCUT2D eigenvalue weighted by molar-refractivity contribution is 7.89. The zero-order valence-corrected chi connectivity index (χ0v) is 16.3. The Labute approximate surface area is 156 Å². The van der Waals surface area contributed by atoms with Gasteiger partial charge < -0.3 is 10.6 Å². The Hall–Kier alpha value is -1.60. The van der Waals surface area contributed by atoms with E-state index in [2.05, 4.69) is 0 Å². The third kappa shape index (κ3) is 5.71. The maximum absolute atomic E-state index is 12.9. The van der Waals surface area contributed by atoms with Crippen LogP contribution in [-0.4, -0.2) is 46.5 Å². The molecule has 5 nitrogen and oxygen atoms in total.